The molecular weight excluding hydrogens is 334 g/mol. The molecule has 1 heterocycles. The quantitative estimate of drug-likeness (QED) is 0.516. The number of likely N-dealkylation sites (tertiary alicyclic amines) is 1. The average Bonchev–Trinajstić information content (AvgIpc) is 3.12. The molecule has 0 aliphatic carbocycles. The van der Waals surface area contributed by atoms with Crippen LogP contribution in [0, 0.1) is 0 Å². The Morgan fingerprint density at radius 3 is 1.52 bits per heavy atom. The Hall–Kier alpha value is -3.04. The molecule has 1 unspecified atom stereocenters. The number of nitrogens with zero attached hydrogens (tertiary/aromatic N) is 1. The molecule has 1 aliphatic heterocycles. The summed E-state index contributed by atoms with van der Waals surface area (Å²) in [6.45, 7) is 0.252. The molecular formula is C24H21NO2. The fraction of sp³-hybridized carbons (Fsp3) is 0.167. The second-order valence-electron chi connectivity index (χ2n) is 6.88. The van der Waals surface area contributed by atoms with E-state index >= 15 is 0 Å². The fourth-order valence-electron chi connectivity index (χ4n) is 4.24. The van der Waals surface area contributed by atoms with Gasteiger partial charge in [-0.25, -0.2) is 0 Å². The largest absolute Gasteiger partial charge is 0.302 e. The van der Waals surface area contributed by atoms with Crippen molar-refractivity contribution in [2.75, 3.05) is 6.54 Å². The third-order valence-corrected chi connectivity index (χ3v) is 5.35. The van der Waals surface area contributed by atoms with E-state index in [0.717, 1.165) is 23.0 Å². The van der Waals surface area contributed by atoms with Crippen molar-refractivity contribution >= 4 is 12.1 Å². The van der Waals surface area contributed by atoms with Crippen LogP contribution in [0.5, 0.6) is 0 Å². The molecule has 3 aromatic carbocycles. The Morgan fingerprint density at radius 2 is 1.15 bits per heavy atom. The summed E-state index contributed by atoms with van der Waals surface area (Å²) in [5.41, 5.74) is 2.43. The Bertz CT molecular complexity index is 826. The summed E-state index contributed by atoms with van der Waals surface area (Å²) in [7, 11) is 0. The van der Waals surface area contributed by atoms with Gasteiger partial charge in [-0.15, -0.1) is 0 Å². The molecule has 0 aromatic heterocycles. The number of carbonyl (C=O) groups is 2. The molecule has 0 amide bonds. The molecule has 1 aliphatic rings. The monoisotopic (exact) mass is 355 g/mol. The minimum Gasteiger partial charge on any atom is -0.302 e. The molecule has 0 bridgehead atoms. The lowest BCUT2D eigenvalue weighted by molar-refractivity contribution is -0.117. The van der Waals surface area contributed by atoms with Gasteiger partial charge in [-0.1, -0.05) is 91.0 Å². The first-order chi connectivity index (χ1) is 13.3. The van der Waals surface area contributed by atoms with Gasteiger partial charge in [-0.2, -0.15) is 0 Å². The van der Waals surface area contributed by atoms with E-state index in [9.17, 15) is 9.59 Å². The van der Waals surface area contributed by atoms with Crippen LogP contribution in [0.2, 0.25) is 0 Å². The van der Waals surface area contributed by atoms with Crippen LogP contribution in [0.3, 0.4) is 0 Å². The zero-order valence-electron chi connectivity index (χ0n) is 15.0. The minimum atomic E-state index is -0.707. The van der Waals surface area contributed by atoms with Crippen molar-refractivity contribution in [2.24, 2.45) is 0 Å². The van der Waals surface area contributed by atoms with E-state index in [1.165, 1.54) is 0 Å². The second-order valence-corrected chi connectivity index (χ2v) is 6.88. The van der Waals surface area contributed by atoms with E-state index in [1.807, 2.05) is 54.6 Å². The molecule has 4 rings (SSSR count). The molecule has 0 radical (unpaired) electrons. The first-order valence-corrected chi connectivity index (χ1v) is 9.17. The van der Waals surface area contributed by atoms with E-state index in [0.29, 0.717) is 0 Å². The van der Waals surface area contributed by atoms with Crippen LogP contribution in [0.15, 0.2) is 91.0 Å². The van der Waals surface area contributed by atoms with E-state index in [4.69, 9.17) is 0 Å². The van der Waals surface area contributed by atoms with E-state index < -0.39 is 11.6 Å². The SMILES string of the molecule is O=CC1CC(=O)CN1C(c1ccccc1)(c1ccccc1)c1ccccc1. The lowest BCUT2D eigenvalue weighted by Gasteiger charge is -2.45. The number of rotatable bonds is 5. The van der Waals surface area contributed by atoms with Gasteiger partial charge in [-0.05, 0) is 16.7 Å². The van der Waals surface area contributed by atoms with Gasteiger partial charge in [0.15, 0.2) is 0 Å². The number of benzene rings is 3. The van der Waals surface area contributed by atoms with E-state index in [1.54, 1.807) is 0 Å². The first-order valence-electron chi connectivity index (χ1n) is 9.17. The number of Topliss-reactive ketones (excluding diaryl/α,β-unsaturated/α-hetero) is 1. The zero-order valence-corrected chi connectivity index (χ0v) is 15.0. The zero-order chi connectivity index (χ0) is 18.7. The Labute approximate surface area is 159 Å². The van der Waals surface area contributed by atoms with E-state index in [2.05, 4.69) is 41.3 Å². The molecule has 3 aromatic rings. The Morgan fingerprint density at radius 1 is 0.741 bits per heavy atom. The number of aldehydes is 1. The average molecular weight is 355 g/mol. The van der Waals surface area contributed by atoms with Crippen LogP contribution in [0.25, 0.3) is 0 Å². The van der Waals surface area contributed by atoms with Gasteiger partial charge in [0, 0.05) is 6.42 Å². The molecule has 3 nitrogen and oxygen atoms in total. The summed E-state index contributed by atoms with van der Waals surface area (Å²) in [5.74, 6) is 0.0965. The molecule has 1 fully saturated rings. The third kappa shape index (κ3) is 2.90. The number of hydrogen-bond acceptors (Lipinski definition) is 3. The molecule has 3 heteroatoms. The summed E-state index contributed by atoms with van der Waals surface area (Å²) < 4.78 is 0. The summed E-state index contributed by atoms with van der Waals surface area (Å²) in [6.07, 6.45) is 1.17. The van der Waals surface area contributed by atoms with Gasteiger partial charge in [0.1, 0.15) is 12.1 Å². The Balaban J connectivity index is 2.07. The summed E-state index contributed by atoms with van der Waals surface area (Å²) in [4.78, 5) is 26.3. The van der Waals surface area contributed by atoms with E-state index in [-0.39, 0.29) is 18.7 Å². The molecule has 0 spiro atoms. The van der Waals surface area contributed by atoms with Gasteiger partial charge in [0.2, 0.25) is 0 Å². The highest BCUT2D eigenvalue weighted by atomic mass is 16.1. The van der Waals surface area contributed by atoms with Crippen LogP contribution in [-0.4, -0.2) is 29.6 Å². The lowest BCUT2D eigenvalue weighted by Crippen LogP contribution is -2.51. The van der Waals surface area contributed by atoms with Crippen molar-refractivity contribution in [1.82, 2.24) is 4.90 Å². The topological polar surface area (TPSA) is 37.4 Å². The van der Waals surface area contributed by atoms with Gasteiger partial charge in [0.25, 0.3) is 0 Å². The fourth-order valence-corrected chi connectivity index (χ4v) is 4.24. The minimum absolute atomic E-state index is 0.0965. The summed E-state index contributed by atoms with van der Waals surface area (Å²) >= 11 is 0. The second kappa shape index (κ2) is 7.29. The molecule has 27 heavy (non-hydrogen) atoms. The van der Waals surface area contributed by atoms with Gasteiger partial charge in [-0.3, -0.25) is 9.69 Å². The van der Waals surface area contributed by atoms with Crippen LogP contribution in [-0.2, 0) is 15.1 Å². The molecule has 134 valence electrons. The van der Waals surface area contributed by atoms with Gasteiger partial charge < -0.3 is 4.79 Å². The molecule has 0 saturated carbocycles. The highest BCUT2D eigenvalue weighted by Gasteiger charge is 2.48. The van der Waals surface area contributed by atoms with Gasteiger partial charge in [0.05, 0.1) is 18.1 Å². The molecule has 0 N–H and O–H groups in total. The normalized spacial score (nSPS) is 17.8. The molecule has 1 saturated heterocycles. The van der Waals surface area contributed by atoms with Crippen LogP contribution < -0.4 is 0 Å². The lowest BCUT2D eigenvalue weighted by atomic mass is 9.75. The van der Waals surface area contributed by atoms with Crippen molar-refractivity contribution in [3.63, 3.8) is 0 Å². The Kier molecular flexibility index (Phi) is 4.69. The smallest absolute Gasteiger partial charge is 0.148 e. The van der Waals surface area contributed by atoms with Crippen molar-refractivity contribution in [1.29, 1.82) is 0 Å². The maximum atomic E-state index is 12.4. The van der Waals surface area contributed by atoms with Gasteiger partial charge >= 0.3 is 0 Å². The maximum Gasteiger partial charge on any atom is 0.148 e. The van der Waals surface area contributed by atoms with Crippen molar-refractivity contribution in [3.8, 4) is 0 Å². The number of carbonyl (C=O) groups excluding carboxylic acids is 2. The predicted molar refractivity (Wildman–Crippen MR) is 105 cm³/mol. The predicted octanol–water partition coefficient (Wildman–Crippen LogP) is 3.82. The summed E-state index contributed by atoms with van der Waals surface area (Å²) in [5, 5.41) is 0. The summed E-state index contributed by atoms with van der Waals surface area (Å²) in [6, 6.07) is 30.0. The van der Waals surface area contributed by atoms with Crippen LogP contribution >= 0.6 is 0 Å². The maximum absolute atomic E-state index is 12.4. The van der Waals surface area contributed by atoms with Crippen molar-refractivity contribution < 1.29 is 9.59 Å². The van der Waals surface area contributed by atoms with Crippen LogP contribution in [0.1, 0.15) is 23.1 Å². The number of ketones is 1. The number of hydrogen-bond donors (Lipinski definition) is 0. The van der Waals surface area contributed by atoms with Crippen molar-refractivity contribution in [3.05, 3.63) is 108 Å². The third-order valence-electron chi connectivity index (χ3n) is 5.35. The highest BCUT2D eigenvalue weighted by Crippen LogP contribution is 2.44. The van der Waals surface area contributed by atoms with Crippen LogP contribution in [0.4, 0.5) is 0 Å². The molecule has 1 atom stereocenters. The first kappa shape index (κ1) is 17.4. The standard InChI is InChI=1S/C24H21NO2/c26-18-22-16-23(27)17-25(22)24(19-10-4-1-5-11-19,20-12-6-2-7-13-20)21-14-8-3-9-15-21/h1-15,18,22H,16-17H2. The highest BCUT2D eigenvalue weighted by molar-refractivity contribution is 5.88. The van der Waals surface area contributed by atoms with Crippen molar-refractivity contribution in [2.45, 2.75) is 18.0 Å².